The Morgan fingerprint density at radius 3 is 2.06 bits per heavy atom. The number of hydrogen-bond donors (Lipinski definition) is 1. The molecule has 0 spiro atoms. The number of piperazine rings is 1. The second-order valence-electron chi connectivity index (χ2n) is 3.65. The van der Waals surface area contributed by atoms with Crippen LogP contribution in [0.25, 0.3) is 0 Å². The fourth-order valence-corrected chi connectivity index (χ4v) is 1.69. The quantitative estimate of drug-likeness (QED) is 0.729. The molecule has 106 valence electrons. The molecule has 17 heavy (non-hydrogen) atoms. The maximum absolute atomic E-state index is 5.01. The minimum Gasteiger partial charge on any atom is -0.385 e. The number of methoxy groups -OCH3 is 1. The van der Waals surface area contributed by atoms with Gasteiger partial charge in [-0.3, -0.25) is 0 Å². The molecule has 1 heterocycles. The van der Waals surface area contributed by atoms with Crippen molar-refractivity contribution in [2.24, 2.45) is 0 Å². The van der Waals surface area contributed by atoms with Crippen molar-refractivity contribution in [3.8, 4) is 0 Å². The molecule has 1 saturated heterocycles. The van der Waals surface area contributed by atoms with E-state index in [2.05, 4.69) is 10.2 Å². The molecule has 0 atom stereocenters. The molecule has 1 fully saturated rings. The van der Waals surface area contributed by atoms with Gasteiger partial charge in [0.1, 0.15) is 0 Å². The molecule has 0 aromatic heterocycles. The number of hydrogen-bond acceptors (Lipinski definition) is 3. The van der Waals surface area contributed by atoms with E-state index in [0.717, 1.165) is 19.7 Å². The van der Waals surface area contributed by atoms with Gasteiger partial charge in [0.15, 0.2) is 0 Å². The van der Waals surface area contributed by atoms with Crippen LogP contribution in [0.5, 0.6) is 0 Å². The Hall–Kier alpha value is -0.120. The van der Waals surface area contributed by atoms with E-state index in [9.17, 15) is 0 Å². The summed E-state index contributed by atoms with van der Waals surface area (Å²) in [4.78, 5) is 2.54. The van der Waals surface area contributed by atoms with E-state index in [4.69, 9.17) is 4.74 Å². The lowest BCUT2D eigenvalue weighted by atomic mass is 10.2. The average Bonchev–Trinajstić information content (AvgIpc) is 2.44. The molecule has 0 radical (unpaired) electrons. The fourth-order valence-electron chi connectivity index (χ4n) is 1.69. The van der Waals surface area contributed by atoms with Crippen LogP contribution in [-0.2, 0) is 4.74 Å². The van der Waals surface area contributed by atoms with Gasteiger partial charge >= 0.3 is 0 Å². The predicted molar refractivity (Wildman–Crippen MR) is 77.7 cm³/mol. The van der Waals surface area contributed by atoms with E-state index in [-0.39, 0.29) is 0 Å². The third-order valence-corrected chi connectivity index (χ3v) is 2.53. The van der Waals surface area contributed by atoms with Crippen LogP contribution >= 0.6 is 0 Å². The zero-order chi connectivity index (χ0) is 13.4. The lowest BCUT2D eigenvalue weighted by Crippen LogP contribution is -2.43. The number of unbranched alkanes of at least 4 members (excludes halogenated alkanes) is 2. The third-order valence-electron chi connectivity index (χ3n) is 2.53. The SMILES string of the molecule is CC.CC.COCCCCCN1CCNCC1. The fraction of sp³-hybridized carbons (Fsp3) is 1.00. The average molecular weight is 246 g/mol. The molecule has 1 N–H and O–H groups in total. The molecule has 0 unspecified atom stereocenters. The first-order valence-electron chi connectivity index (χ1n) is 7.35. The molecule has 1 aliphatic rings. The van der Waals surface area contributed by atoms with Gasteiger partial charge in [-0.05, 0) is 25.8 Å². The monoisotopic (exact) mass is 246 g/mol. The van der Waals surface area contributed by atoms with Crippen molar-refractivity contribution < 1.29 is 4.74 Å². The summed E-state index contributed by atoms with van der Waals surface area (Å²) in [5, 5.41) is 3.36. The summed E-state index contributed by atoms with van der Waals surface area (Å²) in [6.45, 7) is 15.0. The second kappa shape index (κ2) is 18.3. The topological polar surface area (TPSA) is 24.5 Å². The van der Waals surface area contributed by atoms with Gasteiger partial charge in [-0.1, -0.05) is 27.7 Å². The Kier molecular flexibility index (Phi) is 20.6. The summed E-state index contributed by atoms with van der Waals surface area (Å²) in [6, 6.07) is 0. The highest BCUT2D eigenvalue weighted by Crippen LogP contribution is 2.00. The smallest absolute Gasteiger partial charge is 0.0462 e. The van der Waals surface area contributed by atoms with Crippen LogP contribution in [0.15, 0.2) is 0 Å². The van der Waals surface area contributed by atoms with Crippen molar-refractivity contribution in [3.05, 3.63) is 0 Å². The van der Waals surface area contributed by atoms with Crippen LogP contribution in [0.3, 0.4) is 0 Å². The number of nitrogens with zero attached hydrogens (tertiary/aromatic N) is 1. The number of ether oxygens (including phenoxy) is 1. The van der Waals surface area contributed by atoms with Gasteiger partial charge in [0.05, 0.1) is 0 Å². The molecular weight excluding hydrogens is 212 g/mol. The maximum Gasteiger partial charge on any atom is 0.0462 e. The molecule has 3 nitrogen and oxygen atoms in total. The summed E-state index contributed by atoms with van der Waals surface area (Å²) in [5.74, 6) is 0. The van der Waals surface area contributed by atoms with Gasteiger partial charge in [0.2, 0.25) is 0 Å². The number of nitrogens with one attached hydrogen (secondary N) is 1. The maximum atomic E-state index is 5.01. The minimum absolute atomic E-state index is 0.918. The van der Waals surface area contributed by atoms with E-state index in [1.165, 1.54) is 38.9 Å². The van der Waals surface area contributed by atoms with Gasteiger partial charge in [-0.15, -0.1) is 0 Å². The third kappa shape index (κ3) is 13.8. The largest absolute Gasteiger partial charge is 0.385 e. The van der Waals surface area contributed by atoms with Gasteiger partial charge in [0.25, 0.3) is 0 Å². The molecule has 1 aliphatic heterocycles. The standard InChI is InChI=1S/C10H22N2O.2C2H6/c1-13-10-4-2-3-7-12-8-5-11-6-9-12;2*1-2/h11H,2-10H2,1H3;2*1-2H3. The highest BCUT2D eigenvalue weighted by Gasteiger charge is 2.07. The molecule has 0 aliphatic carbocycles. The minimum atomic E-state index is 0.918. The molecule has 0 aromatic carbocycles. The first-order chi connectivity index (χ1) is 8.43. The molecule has 0 amide bonds. The van der Waals surface area contributed by atoms with Crippen molar-refractivity contribution in [1.82, 2.24) is 10.2 Å². The van der Waals surface area contributed by atoms with Crippen molar-refractivity contribution in [3.63, 3.8) is 0 Å². The van der Waals surface area contributed by atoms with Crippen molar-refractivity contribution in [2.75, 3.05) is 46.4 Å². The van der Waals surface area contributed by atoms with E-state index >= 15 is 0 Å². The first kappa shape index (κ1) is 19.2. The number of rotatable bonds is 6. The Bertz CT molecular complexity index is 115. The van der Waals surface area contributed by atoms with Crippen molar-refractivity contribution in [2.45, 2.75) is 47.0 Å². The molecule has 3 heteroatoms. The molecule has 1 rings (SSSR count). The van der Waals surface area contributed by atoms with Crippen LogP contribution in [0.1, 0.15) is 47.0 Å². The first-order valence-corrected chi connectivity index (χ1v) is 7.35. The summed E-state index contributed by atoms with van der Waals surface area (Å²) in [6.07, 6.45) is 3.84. The predicted octanol–water partition coefficient (Wildman–Crippen LogP) is 2.76. The van der Waals surface area contributed by atoms with E-state index < -0.39 is 0 Å². The van der Waals surface area contributed by atoms with Gasteiger partial charge in [-0.25, -0.2) is 0 Å². The second-order valence-corrected chi connectivity index (χ2v) is 3.65. The summed E-state index contributed by atoms with van der Waals surface area (Å²) < 4.78 is 5.01. The lowest BCUT2D eigenvalue weighted by Gasteiger charge is -2.26. The zero-order valence-corrected chi connectivity index (χ0v) is 12.7. The highest BCUT2D eigenvalue weighted by atomic mass is 16.5. The molecule has 0 bridgehead atoms. The Morgan fingerprint density at radius 1 is 0.941 bits per heavy atom. The highest BCUT2D eigenvalue weighted by molar-refractivity contribution is 4.66. The summed E-state index contributed by atoms with van der Waals surface area (Å²) >= 11 is 0. The Labute approximate surface area is 109 Å². The molecule has 0 aromatic rings. The Balaban J connectivity index is 0. The molecular formula is C14H34N2O. The van der Waals surface area contributed by atoms with E-state index in [0.29, 0.717) is 0 Å². The van der Waals surface area contributed by atoms with Crippen LogP contribution < -0.4 is 5.32 Å². The van der Waals surface area contributed by atoms with Crippen LogP contribution in [0, 0.1) is 0 Å². The normalized spacial score (nSPS) is 15.4. The lowest BCUT2D eigenvalue weighted by molar-refractivity contribution is 0.187. The van der Waals surface area contributed by atoms with Gasteiger partial charge in [-0.2, -0.15) is 0 Å². The van der Waals surface area contributed by atoms with Crippen LogP contribution in [-0.4, -0.2) is 51.3 Å². The van der Waals surface area contributed by atoms with Crippen molar-refractivity contribution in [1.29, 1.82) is 0 Å². The Morgan fingerprint density at radius 2 is 1.53 bits per heavy atom. The van der Waals surface area contributed by atoms with E-state index in [1.807, 2.05) is 27.7 Å². The van der Waals surface area contributed by atoms with Crippen LogP contribution in [0.4, 0.5) is 0 Å². The van der Waals surface area contributed by atoms with E-state index in [1.54, 1.807) is 7.11 Å². The van der Waals surface area contributed by atoms with Crippen LogP contribution in [0.2, 0.25) is 0 Å². The van der Waals surface area contributed by atoms with Gasteiger partial charge in [0, 0.05) is 39.9 Å². The zero-order valence-electron chi connectivity index (χ0n) is 12.7. The summed E-state index contributed by atoms with van der Waals surface area (Å²) in [7, 11) is 1.77. The van der Waals surface area contributed by atoms with Gasteiger partial charge < -0.3 is 15.0 Å². The molecule has 0 saturated carbocycles. The summed E-state index contributed by atoms with van der Waals surface area (Å²) in [5.41, 5.74) is 0. The van der Waals surface area contributed by atoms with Crippen molar-refractivity contribution >= 4 is 0 Å².